The summed E-state index contributed by atoms with van der Waals surface area (Å²) in [6.45, 7) is 1.63. The molecule has 0 saturated carbocycles. The Morgan fingerprint density at radius 3 is 2.83 bits per heavy atom. The van der Waals surface area contributed by atoms with Gasteiger partial charge >= 0.3 is 0 Å². The monoisotopic (exact) mass is 489 g/mol. The van der Waals surface area contributed by atoms with Crippen LogP contribution in [-0.4, -0.2) is 56.7 Å². The Morgan fingerprint density at radius 1 is 1.17 bits per heavy atom. The van der Waals surface area contributed by atoms with E-state index in [0.717, 1.165) is 27.7 Å². The number of rotatable bonds is 8. The first-order valence-electron chi connectivity index (χ1n) is 12.0. The van der Waals surface area contributed by atoms with Gasteiger partial charge in [-0.2, -0.15) is 5.10 Å². The van der Waals surface area contributed by atoms with Crippen LogP contribution in [0.1, 0.15) is 18.4 Å². The molecule has 186 valence electrons. The molecule has 1 fully saturated rings. The van der Waals surface area contributed by atoms with E-state index in [9.17, 15) is 14.0 Å². The maximum Gasteiger partial charge on any atom is 0.245 e. The Balaban J connectivity index is 1.21. The summed E-state index contributed by atoms with van der Waals surface area (Å²) in [5, 5.41) is 14.5. The lowest BCUT2D eigenvalue weighted by molar-refractivity contribution is -0.135. The lowest BCUT2D eigenvalue weighted by atomic mass is 9.87. The Labute approximate surface area is 207 Å². The predicted molar refractivity (Wildman–Crippen MR) is 133 cm³/mol. The van der Waals surface area contributed by atoms with Crippen LogP contribution in [0.3, 0.4) is 0 Å². The summed E-state index contributed by atoms with van der Waals surface area (Å²) in [7, 11) is 0. The molecule has 1 aliphatic rings. The third-order valence-corrected chi connectivity index (χ3v) is 6.58. The van der Waals surface area contributed by atoms with Gasteiger partial charge in [0.05, 0.1) is 5.69 Å². The fourth-order valence-electron chi connectivity index (χ4n) is 4.67. The molecule has 2 amide bonds. The number of nitrogens with zero attached hydrogens (tertiary/aromatic N) is 3. The van der Waals surface area contributed by atoms with E-state index < -0.39 is 5.54 Å². The van der Waals surface area contributed by atoms with Crippen molar-refractivity contribution in [2.45, 2.75) is 31.3 Å². The van der Waals surface area contributed by atoms with E-state index in [1.807, 2.05) is 24.4 Å². The molecular weight excluding hydrogens is 461 g/mol. The normalized spacial score (nSPS) is 15.0. The first kappa shape index (κ1) is 23.7. The van der Waals surface area contributed by atoms with Gasteiger partial charge in [0.1, 0.15) is 17.9 Å². The zero-order valence-corrected chi connectivity index (χ0v) is 19.8. The molecule has 3 aromatic heterocycles. The van der Waals surface area contributed by atoms with Crippen LogP contribution in [0.4, 0.5) is 4.39 Å². The molecule has 1 aromatic carbocycles. The average Bonchev–Trinajstić information content (AvgIpc) is 3.52. The SMILES string of the molecule is O=C(Cn1ccc(-c2cccnc2)n1)NC1(C(=O)NCCc2c[nH]c3ccc(F)cc23)CCNCC1. The van der Waals surface area contributed by atoms with E-state index in [4.69, 9.17) is 0 Å². The van der Waals surface area contributed by atoms with Crippen LogP contribution in [0, 0.1) is 5.82 Å². The van der Waals surface area contributed by atoms with Crippen LogP contribution < -0.4 is 16.0 Å². The molecule has 0 atom stereocenters. The van der Waals surface area contributed by atoms with Crippen LogP contribution in [-0.2, 0) is 22.6 Å². The van der Waals surface area contributed by atoms with Crippen molar-refractivity contribution in [1.82, 2.24) is 35.7 Å². The molecular formula is C26H28FN7O2. The first-order valence-corrected chi connectivity index (χ1v) is 12.0. The van der Waals surface area contributed by atoms with Crippen LogP contribution in [0.25, 0.3) is 22.2 Å². The van der Waals surface area contributed by atoms with Crippen molar-refractivity contribution in [3.05, 3.63) is 72.6 Å². The van der Waals surface area contributed by atoms with E-state index in [1.54, 1.807) is 29.3 Å². The summed E-state index contributed by atoms with van der Waals surface area (Å²) >= 11 is 0. The topological polar surface area (TPSA) is 117 Å². The van der Waals surface area contributed by atoms with E-state index in [2.05, 4.69) is 31.0 Å². The number of benzene rings is 1. The van der Waals surface area contributed by atoms with E-state index in [1.165, 1.54) is 12.1 Å². The molecule has 0 aliphatic carbocycles. The van der Waals surface area contributed by atoms with E-state index in [-0.39, 0.29) is 24.2 Å². The van der Waals surface area contributed by atoms with Crippen molar-refractivity contribution in [3.63, 3.8) is 0 Å². The highest BCUT2D eigenvalue weighted by Gasteiger charge is 2.40. The summed E-state index contributed by atoms with van der Waals surface area (Å²) < 4.78 is 15.2. The summed E-state index contributed by atoms with van der Waals surface area (Å²) in [6.07, 6.45) is 8.50. The first-order chi connectivity index (χ1) is 17.5. The standard InChI is InChI=1S/C26H28FN7O2/c27-20-3-4-23-21(14-20)18(16-31-23)5-10-30-25(36)26(7-11-28-12-8-26)32-24(35)17-34-13-6-22(33-34)19-2-1-9-29-15-19/h1-4,6,9,13-16,28,31H,5,7-8,10-12,17H2,(H,30,36)(H,32,35). The predicted octanol–water partition coefficient (Wildman–Crippen LogP) is 2.16. The molecule has 4 N–H and O–H groups in total. The van der Waals surface area contributed by atoms with Gasteiger partial charge in [0.25, 0.3) is 0 Å². The van der Waals surface area contributed by atoms with Crippen molar-refractivity contribution in [2.24, 2.45) is 0 Å². The van der Waals surface area contributed by atoms with Gasteiger partial charge < -0.3 is 20.9 Å². The number of hydrogen-bond acceptors (Lipinski definition) is 5. The Kier molecular flexibility index (Phi) is 6.77. The summed E-state index contributed by atoms with van der Waals surface area (Å²) in [5.74, 6) is -0.784. The van der Waals surface area contributed by atoms with Crippen LogP contribution in [0.5, 0.6) is 0 Å². The number of piperidine rings is 1. The number of fused-ring (bicyclic) bond motifs is 1. The smallest absolute Gasteiger partial charge is 0.245 e. The van der Waals surface area contributed by atoms with Crippen molar-refractivity contribution in [3.8, 4) is 11.3 Å². The zero-order chi connectivity index (χ0) is 25.0. The number of carbonyl (C=O) groups excluding carboxylic acids is 2. The summed E-state index contributed by atoms with van der Waals surface area (Å²) in [4.78, 5) is 33.5. The fraction of sp³-hybridized carbons (Fsp3) is 0.308. The largest absolute Gasteiger partial charge is 0.361 e. The Bertz CT molecular complexity index is 1360. The number of aromatic nitrogens is 4. The highest BCUT2D eigenvalue weighted by atomic mass is 19.1. The van der Waals surface area contributed by atoms with Crippen LogP contribution in [0.2, 0.25) is 0 Å². The minimum Gasteiger partial charge on any atom is -0.361 e. The van der Waals surface area contributed by atoms with E-state index in [0.29, 0.717) is 38.9 Å². The van der Waals surface area contributed by atoms with Gasteiger partial charge in [0.2, 0.25) is 11.8 Å². The van der Waals surface area contributed by atoms with Gasteiger partial charge in [-0.1, -0.05) is 0 Å². The number of nitrogens with one attached hydrogen (secondary N) is 4. The van der Waals surface area contributed by atoms with Crippen molar-refractivity contribution in [1.29, 1.82) is 0 Å². The number of H-pyrrole nitrogens is 1. The molecule has 4 aromatic rings. The number of hydrogen-bond donors (Lipinski definition) is 4. The Hall–Kier alpha value is -4.05. The van der Waals surface area contributed by atoms with Crippen molar-refractivity contribution in [2.75, 3.05) is 19.6 Å². The molecule has 5 rings (SSSR count). The number of aromatic amines is 1. The minimum absolute atomic E-state index is 0.00360. The molecule has 10 heteroatoms. The van der Waals surface area contributed by atoms with Gasteiger partial charge in [-0.25, -0.2) is 4.39 Å². The molecule has 0 unspecified atom stereocenters. The second-order valence-corrected chi connectivity index (χ2v) is 9.03. The highest BCUT2D eigenvalue weighted by molar-refractivity contribution is 5.91. The second kappa shape index (κ2) is 10.3. The molecule has 0 bridgehead atoms. The highest BCUT2D eigenvalue weighted by Crippen LogP contribution is 2.21. The van der Waals surface area contributed by atoms with Crippen molar-refractivity contribution < 1.29 is 14.0 Å². The number of pyridine rings is 1. The maximum absolute atomic E-state index is 13.7. The molecule has 4 heterocycles. The van der Waals surface area contributed by atoms with Crippen molar-refractivity contribution >= 4 is 22.7 Å². The summed E-state index contributed by atoms with van der Waals surface area (Å²) in [6, 6.07) is 10.2. The van der Waals surface area contributed by atoms with Gasteiger partial charge in [-0.15, -0.1) is 0 Å². The lowest BCUT2D eigenvalue weighted by Crippen LogP contribution is -2.63. The molecule has 9 nitrogen and oxygen atoms in total. The molecule has 0 spiro atoms. The summed E-state index contributed by atoms with van der Waals surface area (Å²) in [5.41, 5.74) is 2.38. The van der Waals surface area contributed by atoms with Crippen LogP contribution >= 0.6 is 0 Å². The number of halogens is 1. The van der Waals surface area contributed by atoms with Crippen LogP contribution in [0.15, 0.2) is 61.2 Å². The number of amides is 2. The molecule has 36 heavy (non-hydrogen) atoms. The average molecular weight is 490 g/mol. The second-order valence-electron chi connectivity index (χ2n) is 9.03. The van der Waals surface area contributed by atoms with Gasteiger partial charge in [0, 0.05) is 47.8 Å². The molecule has 1 saturated heterocycles. The quantitative estimate of drug-likeness (QED) is 0.303. The lowest BCUT2D eigenvalue weighted by Gasteiger charge is -2.37. The van der Waals surface area contributed by atoms with E-state index >= 15 is 0 Å². The number of carbonyl (C=O) groups is 2. The third kappa shape index (κ3) is 5.13. The fourth-order valence-corrected chi connectivity index (χ4v) is 4.67. The maximum atomic E-state index is 13.7. The zero-order valence-electron chi connectivity index (χ0n) is 19.8. The Morgan fingerprint density at radius 2 is 2.03 bits per heavy atom. The van der Waals surface area contributed by atoms with Gasteiger partial charge in [0.15, 0.2) is 0 Å². The molecule has 1 aliphatic heterocycles. The molecule has 0 radical (unpaired) electrons. The minimum atomic E-state index is -0.992. The van der Waals surface area contributed by atoms with Gasteiger partial charge in [-0.3, -0.25) is 19.3 Å². The van der Waals surface area contributed by atoms with Gasteiger partial charge in [-0.05, 0) is 74.3 Å². The third-order valence-electron chi connectivity index (χ3n) is 6.58.